The molecule has 1 heterocycles. The molecule has 1 nitrogen and oxygen atoms in total. The molecule has 0 atom stereocenters. The van der Waals surface area contributed by atoms with Gasteiger partial charge in [0.05, 0.1) is 0 Å². The summed E-state index contributed by atoms with van der Waals surface area (Å²) in [5.41, 5.74) is 0. The second kappa shape index (κ2) is 6.90. The van der Waals surface area contributed by atoms with Crippen molar-refractivity contribution in [2.24, 2.45) is 0 Å². The summed E-state index contributed by atoms with van der Waals surface area (Å²) in [6.45, 7) is 0. The Bertz CT molecular complexity index is 68.2. The van der Waals surface area contributed by atoms with Crippen LogP contribution < -0.4 is 0 Å². The molecule has 0 unspecified atom stereocenters. The summed E-state index contributed by atoms with van der Waals surface area (Å²) in [7, 11) is 0. The number of aromatic nitrogens is 1. The zero-order valence-electron chi connectivity index (χ0n) is 3.52. The molecule has 0 aromatic carbocycles. The van der Waals surface area contributed by atoms with E-state index in [1.54, 1.807) is 0 Å². The summed E-state index contributed by atoms with van der Waals surface area (Å²) >= 11 is 0. The predicted octanol–water partition coefficient (Wildman–Crippen LogP) is 0.364. The number of nitrogens with one attached hydrogen (secondary N) is 1. The van der Waals surface area contributed by atoms with Gasteiger partial charge in [-0.2, -0.15) is 0 Å². The molecule has 0 saturated carbocycles. The van der Waals surface area contributed by atoms with Gasteiger partial charge in [-0.3, -0.25) is 0 Å². The third-order valence-corrected chi connectivity index (χ3v) is 0.496. The number of hydrogen-bond donors (Lipinski definition) is 1. The van der Waals surface area contributed by atoms with Crippen LogP contribution in [0.2, 0.25) is 0 Å². The number of rotatable bonds is 0. The average Bonchev–Trinajstić information content (AvgIpc) is 1.76. The molecule has 1 aromatic heterocycles. The van der Waals surface area contributed by atoms with E-state index in [-0.39, 0.29) is 49.0 Å². The van der Waals surface area contributed by atoms with Gasteiger partial charge in [0.2, 0.25) is 0 Å². The third-order valence-electron chi connectivity index (χ3n) is 0.496. The fourth-order valence-corrected chi connectivity index (χ4v) is 0.278. The van der Waals surface area contributed by atoms with Gasteiger partial charge >= 0.3 is 29.6 Å². The van der Waals surface area contributed by atoms with Crippen LogP contribution >= 0.6 is 0 Å². The van der Waals surface area contributed by atoms with Crippen molar-refractivity contribution in [2.75, 3.05) is 0 Å². The number of hydrogen-bond acceptors (Lipinski definition) is 0. The van der Waals surface area contributed by atoms with Crippen LogP contribution in [0, 0.1) is 0 Å². The maximum absolute atomic E-state index is 2.86. The summed E-state index contributed by atoms with van der Waals surface area (Å²) in [5, 5.41) is 0. The van der Waals surface area contributed by atoms with Crippen molar-refractivity contribution < 1.29 is 19.5 Å². The fraction of sp³-hybridized carbons (Fsp3) is 0. The van der Waals surface area contributed by atoms with Crippen LogP contribution in [0.15, 0.2) is 24.5 Å². The summed E-state index contributed by atoms with van der Waals surface area (Å²) in [4.78, 5) is 2.86. The van der Waals surface area contributed by atoms with Crippen molar-refractivity contribution in [3.8, 4) is 0 Å². The van der Waals surface area contributed by atoms with Crippen LogP contribution in [-0.4, -0.2) is 34.5 Å². The van der Waals surface area contributed by atoms with Crippen LogP contribution in [0.3, 0.4) is 0 Å². The summed E-state index contributed by atoms with van der Waals surface area (Å²) in [5.74, 6) is 0. The Morgan fingerprint density at radius 2 is 1.43 bits per heavy atom. The van der Waals surface area contributed by atoms with E-state index in [1.807, 2.05) is 24.5 Å². The average molecular weight is 156 g/mol. The summed E-state index contributed by atoms with van der Waals surface area (Å²) < 4.78 is 0. The van der Waals surface area contributed by atoms with Crippen molar-refractivity contribution in [2.45, 2.75) is 0 Å². The molecule has 1 rings (SSSR count). The summed E-state index contributed by atoms with van der Waals surface area (Å²) in [6.07, 6.45) is 3.75. The fourth-order valence-electron chi connectivity index (χ4n) is 0.278. The van der Waals surface area contributed by atoms with Crippen molar-refractivity contribution >= 4 is 29.6 Å². The van der Waals surface area contributed by atoms with Gasteiger partial charge in [0.25, 0.3) is 0 Å². The number of H-pyrrole nitrogens is 1. The van der Waals surface area contributed by atoms with E-state index in [0.717, 1.165) is 0 Å². The smallest absolute Gasteiger partial charge is 0.000496 e. The van der Waals surface area contributed by atoms with E-state index < -0.39 is 0 Å². The largest absolute Gasteiger partial charge is 0.368 e. The number of aromatic amines is 1. The minimum atomic E-state index is 0. The van der Waals surface area contributed by atoms with E-state index in [2.05, 4.69) is 4.98 Å². The first-order valence-electron chi connectivity index (χ1n) is 1.58. The van der Waals surface area contributed by atoms with E-state index in [1.165, 1.54) is 0 Å². The molecule has 0 amide bonds. The molecule has 0 spiro atoms. The minimum absolute atomic E-state index is 0. The summed E-state index contributed by atoms with van der Waals surface area (Å²) in [6, 6.07) is 3.89. The Labute approximate surface area is 77.9 Å². The van der Waals surface area contributed by atoms with Crippen molar-refractivity contribution in [1.29, 1.82) is 0 Å². The van der Waals surface area contributed by atoms with Gasteiger partial charge < -0.3 is 4.98 Å². The van der Waals surface area contributed by atoms with Crippen molar-refractivity contribution in [3.63, 3.8) is 0 Å². The van der Waals surface area contributed by atoms with E-state index >= 15 is 0 Å². The van der Waals surface area contributed by atoms with E-state index in [9.17, 15) is 0 Å². The Morgan fingerprint density at radius 3 is 1.57 bits per heavy atom. The molecule has 0 fully saturated rings. The van der Waals surface area contributed by atoms with Gasteiger partial charge in [0.1, 0.15) is 0 Å². The van der Waals surface area contributed by atoms with Gasteiger partial charge in [-0.25, -0.2) is 0 Å². The Kier molecular flexibility index (Phi) is 10.7. The van der Waals surface area contributed by atoms with E-state index in [4.69, 9.17) is 0 Å². The van der Waals surface area contributed by atoms with E-state index in [0.29, 0.717) is 0 Å². The molecule has 0 aliphatic heterocycles. The SMILES string of the molecule is [NaH].[Zn].c1cc[nH]c1. The molecule has 0 saturated heterocycles. The van der Waals surface area contributed by atoms with Gasteiger partial charge in [-0.1, -0.05) is 0 Å². The monoisotopic (exact) mass is 155 g/mol. The van der Waals surface area contributed by atoms with Crippen LogP contribution in [0.5, 0.6) is 0 Å². The normalized spacial score (nSPS) is 5.71. The first-order valence-corrected chi connectivity index (χ1v) is 1.58. The van der Waals surface area contributed by atoms with Crippen molar-refractivity contribution in [3.05, 3.63) is 24.5 Å². The molecular weight excluding hydrogens is 150 g/mol. The quantitative estimate of drug-likeness (QED) is 0.522. The third kappa shape index (κ3) is 4.76. The van der Waals surface area contributed by atoms with Gasteiger partial charge in [0, 0.05) is 31.9 Å². The maximum Gasteiger partial charge on any atom is 0.000496 e. The Morgan fingerprint density at radius 1 is 1.00 bits per heavy atom. The van der Waals surface area contributed by atoms with Crippen LogP contribution in [-0.2, 0) is 19.5 Å². The Hall–Kier alpha value is 0.903. The molecular formula is C4H6NNaZn. The molecule has 1 aromatic rings. The first-order chi connectivity index (χ1) is 2.50. The first kappa shape index (κ1) is 10.8. The van der Waals surface area contributed by atoms with Gasteiger partial charge in [-0.05, 0) is 12.1 Å². The zero-order valence-corrected chi connectivity index (χ0v) is 6.48. The van der Waals surface area contributed by atoms with Gasteiger partial charge in [0.15, 0.2) is 0 Å². The van der Waals surface area contributed by atoms with Crippen LogP contribution in [0.4, 0.5) is 0 Å². The molecule has 0 aliphatic carbocycles. The minimum Gasteiger partial charge on any atom is -0.368 e. The maximum atomic E-state index is 2.86. The van der Waals surface area contributed by atoms with Crippen molar-refractivity contribution in [1.82, 2.24) is 4.98 Å². The molecule has 30 valence electrons. The molecule has 0 aliphatic rings. The van der Waals surface area contributed by atoms with Crippen LogP contribution in [0.1, 0.15) is 0 Å². The standard InChI is InChI=1S/C4H5N.Na.Zn.H/c1-2-4-5-3-1;;;/h1-5H;;;. The van der Waals surface area contributed by atoms with Crippen LogP contribution in [0.25, 0.3) is 0 Å². The molecule has 1 N–H and O–H groups in total. The van der Waals surface area contributed by atoms with Gasteiger partial charge in [-0.15, -0.1) is 0 Å². The molecule has 0 bridgehead atoms. The molecule has 7 heavy (non-hydrogen) atoms. The Balaban J connectivity index is 0. The molecule has 0 radical (unpaired) electrons. The second-order valence-corrected chi connectivity index (χ2v) is 0.885. The topological polar surface area (TPSA) is 15.8 Å². The second-order valence-electron chi connectivity index (χ2n) is 0.885. The predicted molar refractivity (Wildman–Crippen MR) is 27.9 cm³/mol. The zero-order chi connectivity index (χ0) is 3.54. The molecule has 3 heteroatoms.